The summed E-state index contributed by atoms with van der Waals surface area (Å²) in [5.74, 6) is 1.68. The van der Waals surface area contributed by atoms with Crippen molar-refractivity contribution in [3.05, 3.63) is 12.5 Å². The second-order valence-electron chi connectivity index (χ2n) is 5.78. The number of aryl methyl sites for hydroxylation is 1. The highest BCUT2D eigenvalue weighted by atomic mass is 15.3. The van der Waals surface area contributed by atoms with E-state index in [9.17, 15) is 0 Å². The Morgan fingerprint density at radius 2 is 2.13 bits per heavy atom. The molecule has 124 valence electrons. The zero-order valence-corrected chi connectivity index (χ0v) is 13.7. The van der Waals surface area contributed by atoms with Crippen LogP contribution in [0, 0.1) is 0 Å². The second-order valence-corrected chi connectivity index (χ2v) is 5.78. The predicted octanol–water partition coefficient (Wildman–Crippen LogP) is 0.883. The number of anilines is 1. The van der Waals surface area contributed by atoms with E-state index in [4.69, 9.17) is 0 Å². The Labute approximate surface area is 135 Å². The Morgan fingerprint density at radius 1 is 1.30 bits per heavy atom. The number of nitrogens with one attached hydrogen (secondary N) is 3. The van der Waals surface area contributed by atoms with E-state index in [1.54, 1.807) is 24.3 Å². The van der Waals surface area contributed by atoms with Gasteiger partial charge in [0.05, 0.1) is 11.6 Å². The fourth-order valence-corrected chi connectivity index (χ4v) is 2.92. The lowest BCUT2D eigenvalue weighted by atomic mass is 10.2. The molecule has 0 saturated heterocycles. The Hall–Kier alpha value is -2.38. The summed E-state index contributed by atoms with van der Waals surface area (Å²) in [6.07, 6.45) is 8.43. The third-order valence-electron chi connectivity index (χ3n) is 4.16. The zero-order chi connectivity index (χ0) is 16.1. The minimum Gasteiger partial charge on any atom is -0.368 e. The molecule has 0 unspecified atom stereocenters. The Kier molecular flexibility index (Phi) is 4.89. The normalized spacial score (nSPS) is 16.0. The van der Waals surface area contributed by atoms with Gasteiger partial charge in [-0.3, -0.25) is 9.67 Å². The Balaban J connectivity index is 1.48. The van der Waals surface area contributed by atoms with Crippen LogP contribution in [0.15, 0.2) is 17.5 Å². The van der Waals surface area contributed by atoms with Crippen LogP contribution in [0.2, 0.25) is 0 Å². The first-order valence-corrected chi connectivity index (χ1v) is 8.11. The van der Waals surface area contributed by atoms with Crippen molar-refractivity contribution in [1.29, 1.82) is 0 Å². The van der Waals surface area contributed by atoms with E-state index in [0.717, 1.165) is 35.9 Å². The standard InChI is InChI=1S/C15H24N8/c1-16-15(22-11-5-3-4-6-11)18-8-7-17-13-12-9-21-23(2)14(12)20-10-19-13/h9-11H,3-8H2,1-2H3,(H2,16,18,22)(H,17,19,20). The van der Waals surface area contributed by atoms with Gasteiger partial charge >= 0.3 is 0 Å². The van der Waals surface area contributed by atoms with Crippen LogP contribution >= 0.6 is 0 Å². The highest BCUT2D eigenvalue weighted by Crippen LogP contribution is 2.18. The van der Waals surface area contributed by atoms with E-state index in [1.165, 1.54) is 25.7 Å². The highest BCUT2D eigenvalue weighted by molar-refractivity contribution is 5.86. The number of aliphatic imine (C=N–C) groups is 1. The van der Waals surface area contributed by atoms with E-state index >= 15 is 0 Å². The van der Waals surface area contributed by atoms with E-state index in [0.29, 0.717) is 6.04 Å². The van der Waals surface area contributed by atoms with Crippen molar-refractivity contribution in [3.63, 3.8) is 0 Å². The first-order chi connectivity index (χ1) is 11.3. The molecule has 1 fully saturated rings. The molecule has 2 aromatic rings. The van der Waals surface area contributed by atoms with Crippen molar-refractivity contribution >= 4 is 22.8 Å². The lowest BCUT2D eigenvalue weighted by Gasteiger charge is -2.17. The molecule has 8 heteroatoms. The molecule has 0 bridgehead atoms. The van der Waals surface area contributed by atoms with Gasteiger partial charge in [-0.2, -0.15) is 5.10 Å². The number of aromatic nitrogens is 4. The number of hydrogen-bond acceptors (Lipinski definition) is 5. The van der Waals surface area contributed by atoms with Gasteiger partial charge in [0.1, 0.15) is 12.1 Å². The number of hydrogen-bond donors (Lipinski definition) is 3. The maximum Gasteiger partial charge on any atom is 0.191 e. The summed E-state index contributed by atoms with van der Waals surface area (Å²) in [6, 6.07) is 0.561. The van der Waals surface area contributed by atoms with Crippen LogP contribution in [0.3, 0.4) is 0 Å². The lowest BCUT2D eigenvalue weighted by molar-refractivity contribution is 0.615. The Morgan fingerprint density at radius 3 is 2.91 bits per heavy atom. The maximum atomic E-state index is 4.29. The van der Waals surface area contributed by atoms with Gasteiger partial charge in [0, 0.05) is 33.2 Å². The first kappa shape index (κ1) is 15.5. The van der Waals surface area contributed by atoms with Gasteiger partial charge in [-0.05, 0) is 12.8 Å². The number of fused-ring (bicyclic) bond motifs is 1. The topological polar surface area (TPSA) is 92.1 Å². The molecular weight excluding hydrogens is 292 g/mol. The van der Waals surface area contributed by atoms with Gasteiger partial charge in [0.2, 0.25) is 0 Å². The van der Waals surface area contributed by atoms with Gasteiger partial charge < -0.3 is 16.0 Å². The summed E-state index contributed by atoms with van der Waals surface area (Å²) in [6.45, 7) is 1.50. The monoisotopic (exact) mass is 316 g/mol. The molecule has 0 aromatic carbocycles. The molecule has 1 aliphatic rings. The van der Waals surface area contributed by atoms with Crippen molar-refractivity contribution in [2.45, 2.75) is 31.7 Å². The average molecular weight is 316 g/mol. The molecule has 1 saturated carbocycles. The predicted molar refractivity (Wildman–Crippen MR) is 91.5 cm³/mol. The quantitative estimate of drug-likeness (QED) is 0.431. The molecule has 2 aromatic heterocycles. The second kappa shape index (κ2) is 7.26. The average Bonchev–Trinajstić information content (AvgIpc) is 3.21. The van der Waals surface area contributed by atoms with E-state index < -0.39 is 0 Å². The molecular formula is C15H24N8. The molecule has 0 radical (unpaired) electrons. The van der Waals surface area contributed by atoms with Gasteiger partial charge in [-0.25, -0.2) is 9.97 Å². The molecule has 23 heavy (non-hydrogen) atoms. The molecule has 0 amide bonds. The van der Waals surface area contributed by atoms with Crippen LogP contribution in [-0.2, 0) is 7.05 Å². The highest BCUT2D eigenvalue weighted by Gasteiger charge is 2.15. The molecule has 0 aliphatic heterocycles. The van der Waals surface area contributed by atoms with E-state index in [2.05, 4.69) is 36.0 Å². The molecule has 3 N–H and O–H groups in total. The number of guanidine groups is 1. The largest absolute Gasteiger partial charge is 0.368 e. The van der Waals surface area contributed by atoms with Crippen molar-refractivity contribution < 1.29 is 0 Å². The molecule has 0 atom stereocenters. The fourth-order valence-electron chi connectivity index (χ4n) is 2.92. The maximum absolute atomic E-state index is 4.29. The molecule has 0 spiro atoms. The third kappa shape index (κ3) is 3.69. The summed E-state index contributed by atoms with van der Waals surface area (Å²) in [4.78, 5) is 12.8. The zero-order valence-electron chi connectivity index (χ0n) is 13.7. The summed E-state index contributed by atoms with van der Waals surface area (Å²) in [7, 11) is 3.68. The summed E-state index contributed by atoms with van der Waals surface area (Å²) in [5, 5.41) is 15.3. The van der Waals surface area contributed by atoms with Gasteiger partial charge in [0.15, 0.2) is 11.6 Å². The van der Waals surface area contributed by atoms with Crippen molar-refractivity contribution in [1.82, 2.24) is 30.4 Å². The summed E-state index contributed by atoms with van der Waals surface area (Å²) in [5.41, 5.74) is 0.828. The first-order valence-electron chi connectivity index (χ1n) is 8.11. The smallest absolute Gasteiger partial charge is 0.191 e. The fraction of sp³-hybridized carbons (Fsp3) is 0.600. The third-order valence-corrected chi connectivity index (χ3v) is 4.16. The number of rotatable bonds is 5. The van der Waals surface area contributed by atoms with Crippen molar-refractivity contribution in [2.24, 2.45) is 12.0 Å². The van der Waals surface area contributed by atoms with Crippen molar-refractivity contribution in [2.75, 3.05) is 25.5 Å². The van der Waals surface area contributed by atoms with Crippen LogP contribution in [0.1, 0.15) is 25.7 Å². The van der Waals surface area contributed by atoms with E-state index in [1.807, 2.05) is 7.05 Å². The molecule has 1 aliphatic carbocycles. The van der Waals surface area contributed by atoms with Gasteiger partial charge in [-0.15, -0.1) is 0 Å². The number of nitrogens with zero attached hydrogens (tertiary/aromatic N) is 5. The van der Waals surface area contributed by atoms with E-state index in [-0.39, 0.29) is 0 Å². The van der Waals surface area contributed by atoms with Crippen LogP contribution in [0.5, 0.6) is 0 Å². The minimum atomic E-state index is 0.561. The van der Waals surface area contributed by atoms with Crippen LogP contribution in [0.25, 0.3) is 11.0 Å². The lowest BCUT2D eigenvalue weighted by Crippen LogP contribution is -2.43. The van der Waals surface area contributed by atoms with Crippen LogP contribution in [0.4, 0.5) is 5.82 Å². The van der Waals surface area contributed by atoms with Crippen molar-refractivity contribution in [3.8, 4) is 0 Å². The SMILES string of the molecule is CN=C(NCCNc1ncnc2c1cnn2C)NC1CCCC1. The van der Waals surface area contributed by atoms with Gasteiger partial charge in [0.25, 0.3) is 0 Å². The molecule has 2 heterocycles. The summed E-state index contributed by atoms with van der Waals surface area (Å²) < 4.78 is 1.74. The van der Waals surface area contributed by atoms with Gasteiger partial charge in [-0.1, -0.05) is 12.8 Å². The van der Waals surface area contributed by atoms with Crippen LogP contribution in [-0.4, -0.2) is 51.9 Å². The minimum absolute atomic E-state index is 0.561. The molecule has 3 rings (SSSR count). The molecule has 8 nitrogen and oxygen atoms in total. The summed E-state index contributed by atoms with van der Waals surface area (Å²) >= 11 is 0. The Bertz CT molecular complexity index is 671. The van der Waals surface area contributed by atoms with Crippen LogP contribution < -0.4 is 16.0 Å².